The number of anilines is 2. The van der Waals surface area contributed by atoms with Gasteiger partial charge in [-0.1, -0.05) is 13.0 Å². The average molecular weight is 407 g/mol. The molecule has 2 heterocycles. The third-order valence-electron chi connectivity index (χ3n) is 3.69. The lowest BCUT2D eigenvalue weighted by molar-refractivity contribution is 0.0959. The summed E-state index contributed by atoms with van der Waals surface area (Å²) in [5, 5.41) is 2.99. The quantitative estimate of drug-likeness (QED) is 0.587. The largest absolute Gasteiger partial charge is 0.440 e. The van der Waals surface area contributed by atoms with Gasteiger partial charge in [0.05, 0.1) is 0 Å². The van der Waals surface area contributed by atoms with Crippen LogP contribution in [0.5, 0.6) is 0 Å². The van der Waals surface area contributed by atoms with E-state index in [1.165, 1.54) is 24.3 Å². The van der Waals surface area contributed by atoms with Crippen LogP contribution < -0.4 is 10.2 Å². The molecular weight excluding hydrogens is 391 g/mol. The van der Waals surface area contributed by atoms with Crippen molar-refractivity contribution in [3.05, 3.63) is 70.5 Å². The normalized spacial score (nSPS) is 10.6. The van der Waals surface area contributed by atoms with Gasteiger partial charge < -0.3 is 19.1 Å². The van der Waals surface area contributed by atoms with Gasteiger partial charge in [-0.3, -0.25) is 9.59 Å². The molecular formula is C19H16Cl2N2O4. The summed E-state index contributed by atoms with van der Waals surface area (Å²) in [6.45, 7) is 2.43. The summed E-state index contributed by atoms with van der Waals surface area (Å²) in [5.41, 5.74) is 1.13. The van der Waals surface area contributed by atoms with Gasteiger partial charge in [0.15, 0.2) is 22.0 Å². The number of nitrogens with zero attached hydrogens (tertiary/aromatic N) is 1. The molecule has 0 aliphatic carbocycles. The molecule has 0 saturated heterocycles. The number of carbonyl (C=O) groups excluding carboxylic acids is 2. The van der Waals surface area contributed by atoms with E-state index in [1.54, 1.807) is 29.2 Å². The van der Waals surface area contributed by atoms with Gasteiger partial charge in [0.2, 0.25) is 0 Å². The molecule has 0 saturated carbocycles. The van der Waals surface area contributed by atoms with Gasteiger partial charge in [0, 0.05) is 17.9 Å². The zero-order chi connectivity index (χ0) is 19.4. The first-order valence-electron chi connectivity index (χ1n) is 8.22. The third-order valence-corrected chi connectivity index (χ3v) is 4.10. The molecule has 0 aliphatic rings. The molecule has 2 aromatic heterocycles. The monoisotopic (exact) mass is 406 g/mol. The topological polar surface area (TPSA) is 75.7 Å². The molecule has 1 N–H and O–H groups in total. The van der Waals surface area contributed by atoms with Crippen LogP contribution in [0.1, 0.15) is 34.5 Å². The Balaban J connectivity index is 1.83. The number of furan rings is 2. The molecule has 6 nitrogen and oxygen atoms in total. The van der Waals surface area contributed by atoms with E-state index < -0.39 is 5.91 Å². The zero-order valence-electron chi connectivity index (χ0n) is 14.4. The van der Waals surface area contributed by atoms with E-state index in [9.17, 15) is 9.59 Å². The Morgan fingerprint density at radius 3 is 2.26 bits per heavy atom. The number of halogens is 2. The van der Waals surface area contributed by atoms with Crippen LogP contribution in [-0.4, -0.2) is 18.4 Å². The SMILES string of the molecule is CCCN(C(=O)c1ccc(Cl)o1)c1cccc(NC(=O)c2ccc(Cl)o2)c1. The summed E-state index contributed by atoms with van der Waals surface area (Å²) in [6.07, 6.45) is 0.738. The Bertz CT molecular complexity index is 964. The summed E-state index contributed by atoms with van der Waals surface area (Å²) in [7, 11) is 0. The van der Waals surface area contributed by atoms with Crippen molar-refractivity contribution >= 4 is 46.4 Å². The number of hydrogen-bond acceptors (Lipinski definition) is 4. The summed E-state index contributed by atoms with van der Waals surface area (Å²) in [4.78, 5) is 26.5. The summed E-state index contributed by atoms with van der Waals surface area (Å²) >= 11 is 11.5. The van der Waals surface area contributed by atoms with Crippen molar-refractivity contribution in [3.8, 4) is 0 Å². The molecule has 3 aromatic rings. The molecule has 8 heteroatoms. The van der Waals surface area contributed by atoms with Gasteiger partial charge in [-0.2, -0.15) is 0 Å². The molecule has 3 rings (SSSR count). The molecule has 0 atom stereocenters. The van der Waals surface area contributed by atoms with Gasteiger partial charge in [0.1, 0.15) is 0 Å². The highest BCUT2D eigenvalue weighted by molar-refractivity contribution is 6.29. The number of benzene rings is 1. The summed E-state index contributed by atoms with van der Waals surface area (Å²) in [5.74, 6) is -0.513. The van der Waals surface area contributed by atoms with E-state index in [4.69, 9.17) is 32.0 Å². The molecule has 1 aromatic carbocycles. The van der Waals surface area contributed by atoms with Gasteiger partial charge in [-0.05, 0) is 72.1 Å². The first-order valence-corrected chi connectivity index (χ1v) is 8.97. The lowest BCUT2D eigenvalue weighted by Crippen LogP contribution is -2.31. The van der Waals surface area contributed by atoms with Crippen LogP contribution >= 0.6 is 23.2 Å². The van der Waals surface area contributed by atoms with Crippen LogP contribution in [0.3, 0.4) is 0 Å². The fraction of sp³-hybridized carbons (Fsp3) is 0.158. The minimum atomic E-state index is -0.440. The zero-order valence-corrected chi connectivity index (χ0v) is 15.9. The maximum atomic E-state index is 12.8. The molecule has 2 amide bonds. The molecule has 0 radical (unpaired) electrons. The lowest BCUT2D eigenvalue weighted by Gasteiger charge is -2.22. The number of rotatable bonds is 6. The minimum Gasteiger partial charge on any atom is -0.440 e. The van der Waals surface area contributed by atoms with Crippen LogP contribution in [0.4, 0.5) is 11.4 Å². The summed E-state index contributed by atoms with van der Waals surface area (Å²) < 4.78 is 10.3. The molecule has 27 heavy (non-hydrogen) atoms. The molecule has 0 spiro atoms. The molecule has 0 fully saturated rings. The first kappa shape index (κ1) is 19.1. The Hall–Kier alpha value is -2.70. The maximum absolute atomic E-state index is 12.8. The highest BCUT2D eigenvalue weighted by atomic mass is 35.5. The van der Waals surface area contributed by atoms with E-state index in [1.807, 2.05) is 6.92 Å². The second kappa shape index (κ2) is 8.33. The van der Waals surface area contributed by atoms with E-state index in [0.29, 0.717) is 17.9 Å². The van der Waals surface area contributed by atoms with Gasteiger partial charge in [0.25, 0.3) is 11.8 Å². The second-order valence-electron chi connectivity index (χ2n) is 5.67. The Labute approximate surface area is 165 Å². The smallest absolute Gasteiger partial charge is 0.294 e. The highest BCUT2D eigenvalue weighted by Gasteiger charge is 2.21. The van der Waals surface area contributed by atoms with Crippen molar-refractivity contribution in [2.45, 2.75) is 13.3 Å². The molecule has 140 valence electrons. The van der Waals surface area contributed by atoms with Crippen LogP contribution in [0.15, 0.2) is 57.4 Å². The Morgan fingerprint density at radius 2 is 1.67 bits per heavy atom. The van der Waals surface area contributed by atoms with Crippen molar-refractivity contribution in [3.63, 3.8) is 0 Å². The van der Waals surface area contributed by atoms with Gasteiger partial charge in [-0.15, -0.1) is 0 Å². The van der Waals surface area contributed by atoms with Crippen molar-refractivity contribution in [1.29, 1.82) is 0 Å². The number of hydrogen-bond donors (Lipinski definition) is 1. The third kappa shape index (κ3) is 4.53. The average Bonchev–Trinajstić information content (AvgIpc) is 3.28. The van der Waals surface area contributed by atoms with Gasteiger partial charge in [-0.25, -0.2) is 0 Å². The predicted octanol–water partition coefficient (Wildman–Crippen LogP) is 5.49. The number of nitrogens with one attached hydrogen (secondary N) is 1. The first-order chi connectivity index (χ1) is 13.0. The van der Waals surface area contributed by atoms with Crippen molar-refractivity contribution < 1.29 is 18.4 Å². The predicted molar refractivity (Wildman–Crippen MR) is 104 cm³/mol. The Morgan fingerprint density at radius 1 is 1.00 bits per heavy atom. The standard InChI is InChI=1S/C19H16Cl2N2O4/c1-2-10-23(19(25)15-7-9-17(21)27-15)13-5-3-4-12(11-13)22-18(24)14-6-8-16(20)26-14/h3-9,11H,2,10H2,1H3,(H,22,24). The maximum Gasteiger partial charge on any atom is 0.294 e. The van der Waals surface area contributed by atoms with E-state index in [0.717, 1.165) is 6.42 Å². The molecule has 0 bridgehead atoms. The fourth-order valence-corrected chi connectivity index (χ4v) is 2.81. The van der Waals surface area contributed by atoms with Crippen molar-refractivity contribution in [1.82, 2.24) is 0 Å². The van der Waals surface area contributed by atoms with Crippen molar-refractivity contribution in [2.24, 2.45) is 0 Å². The number of carbonyl (C=O) groups is 2. The number of amides is 2. The van der Waals surface area contributed by atoms with Crippen molar-refractivity contribution in [2.75, 3.05) is 16.8 Å². The highest BCUT2D eigenvalue weighted by Crippen LogP contribution is 2.24. The summed E-state index contributed by atoms with van der Waals surface area (Å²) in [6, 6.07) is 12.9. The van der Waals surface area contributed by atoms with Crippen LogP contribution in [0, 0.1) is 0 Å². The second-order valence-corrected chi connectivity index (χ2v) is 6.41. The molecule has 0 aliphatic heterocycles. The van der Waals surface area contributed by atoms with Crippen LogP contribution in [0.25, 0.3) is 0 Å². The fourth-order valence-electron chi connectivity index (χ4n) is 2.51. The van der Waals surface area contributed by atoms with Crippen LogP contribution in [-0.2, 0) is 0 Å². The Kier molecular flexibility index (Phi) is 5.88. The van der Waals surface area contributed by atoms with E-state index >= 15 is 0 Å². The van der Waals surface area contributed by atoms with Crippen LogP contribution in [0.2, 0.25) is 10.4 Å². The van der Waals surface area contributed by atoms with E-state index in [2.05, 4.69) is 5.32 Å². The van der Waals surface area contributed by atoms with E-state index in [-0.39, 0.29) is 27.9 Å². The van der Waals surface area contributed by atoms with Gasteiger partial charge >= 0.3 is 0 Å². The lowest BCUT2D eigenvalue weighted by atomic mass is 10.2. The molecule has 0 unspecified atom stereocenters. The minimum absolute atomic E-state index is 0.0946.